The van der Waals surface area contributed by atoms with Gasteiger partial charge in [-0.15, -0.1) is 0 Å². The maximum atomic E-state index is 12.4. The van der Waals surface area contributed by atoms with Gasteiger partial charge in [0.1, 0.15) is 17.6 Å². The molecule has 0 spiro atoms. The van der Waals surface area contributed by atoms with Gasteiger partial charge in [0.15, 0.2) is 0 Å². The Morgan fingerprint density at radius 2 is 1.40 bits per heavy atom. The monoisotopic (exact) mass is 674 g/mol. The highest BCUT2D eigenvalue weighted by molar-refractivity contribution is 14.1. The van der Waals surface area contributed by atoms with Gasteiger partial charge in [-0.05, 0) is 78.8 Å². The van der Waals surface area contributed by atoms with Crippen LogP contribution in [0.5, 0.6) is 0 Å². The maximum absolute atomic E-state index is 12.4. The number of carboxylic acid groups (broad SMARTS) is 3. The largest absolute Gasteiger partial charge is 0.481 e. The smallest absolute Gasteiger partial charge is 0.326 e. The van der Waals surface area contributed by atoms with Crippen molar-refractivity contribution in [3.63, 3.8) is 0 Å². The predicted octanol–water partition coefficient (Wildman–Crippen LogP) is 4.19. The van der Waals surface area contributed by atoms with Crippen LogP contribution < -0.4 is 10.6 Å². The average molecular weight is 675 g/mol. The van der Waals surface area contributed by atoms with Crippen molar-refractivity contribution in [2.24, 2.45) is 5.92 Å². The number of carbonyl (C=O) groups excluding carboxylic acids is 3. The van der Waals surface area contributed by atoms with E-state index >= 15 is 0 Å². The zero-order chi connectivity index (χ0) is 29.9. The van der Waals surface area contributed by atoms with Crippen LogP contribution in [0.25, 0.3) is 0 Å². The van der Waals surface area contributed by atoms with Crippen molar-refractivity contribution in [1.82, 2.24) is 10.6 Å². The van der Waals surface area contributed by atoms with Crippen molar-refractivity contribution in [2.75, 3.05) is 6.54 Å². The number of unbranched alkanes of at least 4 members (excludes halogenated alkanes) is 2. The fourth-order valence-corrected chi connectivity index (χ4v) is 4.42. The molecule has 0 heterocycles. The highest BCUT2D eigenvalue weighted by atomic mass is 127. The number of hydrogen-bond donors (Lipinski definition) is 5. The summed E-state index contributed by atoms with van der Waals surface area (Å²) in [7, 11) is 0. The third-order valence-electron chi connectivity index (χ3n) is 6.33. The van der Waals surface area contributed by atoms with Crippen LogP contribution in [0, 0.1) is 9.49 Å². The van der Waals surface area contributed by atoms with Crippen LogP contribution in [0.3, 0.4) is 0 Å². The number of nitrogens with one attached hydrogen (secondary N) is 2. The van der Waals surface area contributed by atoms with E-state index in [-0.39, 0.29) is 50.9 Å². The first-order chi connectivity index (χ1) is 19.0. The Kier molecular flexibility index (Phi) is 17.4. The number of ketones is 2. The van der Waals surface area contributed by atoms with Crippen molar-refractivity contribution in [2.45, 2.75) is 89.5 Å². The van der Waals surface area contributed by atoms with Crippen molar-refractivity contribution in [1.29, 1.82) is 0 Å². The van der Waals surface area contributed by atoms with E-state index in [9.17, 15) is 39.0 Å². The van der Waals surface area contributed by atoms with E-state index in [1.807, 2.05) is 12.1 Å². The van der Waals surface area contributed by atoms with Gasteiger partial charge in [-0.1, -0.05) is 25.0 Å². The molecule has 222 valence electrons. The van der Waals surface area contributed by atoms with Crippen molar-refractivity contribution < 1.29 is 44.1 Å². The number of carboxylic acids is 3. The summed E-state index contributed by atoms with van der Waals surface area (Å²) in [5.74, 6) is -4.58. The molecule has 1 aromatic rings. The molecule has 0 fully saturated rings. The molecule has 0 saturated heterocycles. The van der Waals surface area contributed by atoms with Crippen LogP contribution in [0.4, 0.5) is 4.79 Å². The van der Waals surface area contributed by atoms with Crippen LogP contribution in [-0.4, -0.2) is 63.4 Å². The van der Waals surface area contributed by atoms with Crippen molar-refractivity contribution in [3.05, 3.63) is 33.4 Å². The summed E-state index contributed by atoms with van der Waals surface area (Å²) in [5.41, 5.74) is 1.20. The lowest BCUT2D eigenvalue weighted by Gasteiger charge is -2.16. The van der Waals surface area contributed by atoms with E-state index in [2.05, 4.69) is 45.4 Å². The summed E-state index contributed by atoms with van der Waals surface area (Å²) < 4.78 is 1.17. The molecule has 0 aliphatic rings. The van der Waals surface area contributed by atoms with Gasteiger partial charge in [0.25, 0.3) is 0 Å². The molecule has 2 atom stereocenters. The third-order valence-corrected chi connectivity index (χ3v) is 7.05. The lowest BCUT2D eigenvalue weighted by Crippen LogP contribution is -2.46. The second kappa shape index (κ2) is 19.9. The number of rotatable bonds is 22. The molecule has 5 N–H and O–H groups in total. The number of hydrogen-bond acceptors (Lipinski definition) is 6. The minimum absolute atomic E-state index is 0.0473. The van der Waals surface area contributed by atoms with E-state index in [1.165, 1.54) is 9.13 Å². The minimum atomic E-state index is -1.35. The summed E-state index contributed by atoms with van der Waals surface area (Å²) in [6.45, 7) is 0.0473. The molecule has 0 bridgehead atoms. The van der Waals surface area contributed by atoms with Gasteiger partial charge in [0.05, 0.1) is 5.92 Å². The number of carbonyl (C=O) groups is 6. The SMILES string of the molecule is O=C(O)CCCNC(=O)NC(CCC(=O)CC(CCCCCC(=O)CCCc1ccc(I)cc1)C(=O)O)C(=O)O. The molecule has 0 aliphatic carbocycles. The highest BCUT2D eigenvalue weighted by Gasteiger charge is 2.24. The van der Waals surface area contributed by atoms with Crippen LogP contribution in [0.15, 0.2) is 24.3 Å². The Bertz CT molecular complexity index is 998. The number of aryl methyl sites for hydroxylation is 1. The molecule has 2 amide bonds. The first-order valence-electron chi connectivity index (χ1n) is 13.5. The first-order valence-corrected chi connectivity index (χ1v) is 14.6. The summed E-state index contributed by atoms with van der Waals surface area (Å²) in [4.78, 5) is 69.9. The molecule has 1 aromatic carbocycles. The summed E-state index contributed by atoms with van der Waals surface area (Å²) in [6.07, 6.45) is 4.15. The summed E-state index contributed by atoms with van der Waals surface area (Å²) >= 11 is 2.25. The molecule has 0 aromatic heterocycles. The molecule has 0 saturated carbocycles. The number of halogens is 1. The van der Waals surface area contributed by atoms with E-state index in [0.717, 1.165) is 12.8 Å². The van der Waals surface area contributed by atoms with E-state index in [4.69, 9.17) is 5.11 Å². The van der Waals surface area contributed by atoms with Crippen LogP contribution in [-0.2, 0) is 30.4 Å². The van der Waals surface area contributed by atoms with Crippen LogP contribution in [0.1, 0.15) is 82.6 Å². The number of amides is 2. The second-order valence-corrected chi connectivity index (χ2v) is 11.0. The maximum Gasteiger partial charge on any atom is 0.326 e. The molecular weight excluding hydrogens is 635 g/mol. The topological polar surface area (TPSA) is 187 Å². The van der Waals surface area contributed by atoms with Gasteiger partial charge >= 0.3 is 23.9 Å². The molecule has 2 unspecified atom stereocenters. The number of benzene rings is 1. The minimum Gasteiger partial charge on any atom is -0.481 e. The molecule has 40 heavy (non-hydrogen) atoms. The Hall–Kier alpha value is -3.03. The second-order valence-electron chi connectivity index (χ2n) is 9.72. The Morgan fingerprint density at radius 1 is 0.725 bits per heavy atom. The van der Waals surface area contributed by atoms with Gasteiger partial charge in [-0.25, -0.2) is 9.59 Å². The lowest BCUT2D eigenvalue weighted by atomic mass is 9.93. The van der Waals surface area contributed by atoms with Gasteiger partial charge in [-0.2, -0.15) is 0 Å². The van der Waals surface area contributed by atoms with Gasteiger partial charge < -0.3 is 26.0 Å². The Labute approximate surface area is 247 Å². The van der Waals surface area contributed by atoms with Gasteiger partial charge in [0.2, 0.25) is 0 Å². The molecule has 12 heteroatoms. The standard InChI is InChI=1S/C28H39IN2O9/c29-21-13-11-19(12-14-21)6-4-9-22(32)8-3-1-2-7-20(26(36)37)18-23(33)15-16-24(27(38)39)31-28(40)30-17-5-10-25(34)35/h11-14,20,24H,1-10,15-18H2,(H,34,35)(H,36,37)(H,38,39)(H2,30,31,40). The molecular formula is C28H39IN2O9. The molecule has 11 nitrogen and oxygen atoms in total. The fourth-order valence-electron chi connectivity index (χ4n) is 4.06. The highest BCUT2D eigenvalue weighted by Crippen LogP contribution is 2.18. The number of Topliss-reactive ketones (excluding diaryl/α,β-unsaturated/α-hetero) is 2. The zero-order valence-electron chi connectivity index (χ0n) is 22.5. The number of aliphatic carboxylic acids is 3. The van der Waals surface area contributed by atoms with Crippen LogP contribution in [0.2, 0.25) is 0 Å². The predicted molar refractivity (Wildman–Crippen MR) is 155 cm³/mol. The summed E-state index contributed by atoms with van der Waals surface area (Å²) in [6, 6.07) is 6.06. The van der Waals surface area contributed by atoms with Crippen molar-refractivity contribution >= 4 is 58.1 Å². The Morgan fingerprint density at radius 3 is 2.02 bits per heavy atom. The molecule has 0 radical (unpaired) electrons. The molecule has 0 aliphatic heterocycles. The quantitative estimate of drug-likeness (QED) is 0.0888. The summed E-state index contributed by atoms with van der Waals surface area (Å²) in [5, 5.41) is 32.0. The number of urea groups is 1. The van der Waals surface area contributed by atoms with Crippen molar-refractivity contribution in [3.8, 4) is 0 Å². The van der Waals surface area contributed by atoms with E-state index in [1.54, 1.807) is 0 Å². The fraction of sp³-hybridized carbons (Fsp3) is 0.571. The zero-order valence-corrected chi connectivity index (χ0v) is 24.7. The van der Waals surface area contributed by atoms with Gasteiger partial charge in [0, 0.05) is 42.2 Å². The molecule has 1 rings (SSSR count). The Balaban J connectivity index is 2.28. The lowest BCUT2D eigenvalue weighted by molar-refractivity contribution is -0.144. The van der Waals surface area contributed by atoms with E-state index < -0.39 is 41.7 Å². The average Bonchev–Trinajstić information content (AvgIpc) is 2.88. The van der Waals surface area contributed by atoms with Gasteiger partial charge in [-0.3, -0.25) is 19.2 Å². The normalized spacial score (nSPS) is 12.2. The third kappa shape index (κ3) is 16.8. The van der Waals surface area contributed by atoms with Crippen LogP contribution >= 0.6 is 22.6 Å². The van der Waals surface area contributed by atoms with E-state index in [0.29, 0.717) is 32.1 Å². The first kappa shape index (κ1) is 35.0.